The molecular weight excluding hydrogens is 152 g/mol. The van der Waals surface area contributed by atoms with E-state index in [0.717, 1.165) is 0 Å². The van der Waals surface area contributed by atoms with Gasteiger partial charge in [0.15, 0.2) is 0 Å². The van der Waals surface area contributed by atoms with E-state index < -0.39 is 5.97 Å². The Labute approximate surface area is 64.2 Å². The molecule has 0 aliphatic carbocycles. The van der Waals surface area contributed by atoms with Gasteiger partial charge >= 0.3 is 5.97 Å². The van der Waals surface area contributed by atoms with E-state index in [1.54, 1.807) is 6.92 Å². The van der Waals surface area contributed by atoms with Crippen LogP contribution in [0.2, 0.25) is 0 Å². The Morgan fingerprint density at radius 1 is 1.27 bits per heavy atom. The third-order valence-electron chi connectivity index (χ3n) is 0.931. The number of hydrogen-bond donors (Lipinski definition) is 0. The smallest absolute Gasteiger partial charge is 0.372 e. The van der Waals surface area contributed by atoms with Crippen molar-refractivity contribution in [2.45, 2.75) is 19.8 Å². The normalized spacial score (nSPS) is 10.4. The molecule has 0 radical (unpaired) electrons. The Morgan fingerprint density at radius 2 is 1.73 bits per heavy atom. The molecule has 0 bridgehead atoms. The maximum absolute atomic E-state index is 9.87. The molecule has 11 heavy (non-hydrogen) atoms. The van der Waals surface area contributed by atoms with Crippen molar-refractivity contribution in [2.75, 3.05) is 6.61 Å². The van der Waals surface area contributed by atoms with Gasteiger partial charge in [0.2, 0.25) is 0 Å². The van der Waals surface area contributed by atoms with Crippen LogP contribution in [0.15, 0.2) is 0 Å². The largest absolute Gasteiger partial charge is 0.400 e. The summed E-state index contributed by atoms with van der Waals surface area (Å²) in [5, 5.41) is 0. The van der Waals surface area contributed by atoms with Crippen molar-refractivity contribution in [3.05, 3.63) is 0 Å². The van der Waals surface area contributed by atoms with E-state index in [2.05, 4.69) is 9.47 Å². The second kappa shape index (κ2) is 4.68. The van der Waals surface area contributed by atoms with Gasteiger partial charge in [0.25, 0.3) is 12.9 Å². The van der Waals surface area contributed by atoms with Crippen molar-refractivity contribution in [2.24, 2.45) is 0 Å². The maximum atomic E-state index is 9.87. The molecule has 0 rings (SSSR count). The van der Waals surface area contributed by atoms with E-state index in [4.69, 9.17) is 4.74 Å². The van der Waals surface area contributed by atoms with Crippen molar-refractivity contribution in [1.82, 2.24) is 0 Å². The molecule has 0 saturated heterocycles. The van der Waals surface area contributed by atoms with Crippen molar-refractivity contribution in [3.63, 3.8) is 0 Å². The summed E-state index contributed by atoms with van der Waals surface area (Å²) in [6.07, 6.45) is 0. The molecule has 0 unspecified atom stereocenters. The van der Waals surface area contributed by atoms with Gasteiger partial charge in [-0.05, 0) is 6.92 Å². The molecular formula is C6H10O5. The Kier molecular flexibility index (Phi) is 4.21. The van der Waals surface area contributed by atoms with Gasteiger partial charge in [-0.3, -0.25) is 9.59 Å². The molecule has 0 heterocycles. The van der Waals surface area contributed by atoms with E-state index in [9.17, 15) is 9.59 Å². The summed E-state index contributed by atoms with van der Waals surface area (Å²) < 4.78 is 13.5. The fraction of sp³-hybridized carbons (Fsp3) is 0.667. The van der Waals surface area contributed by atoms with Crippen LogP contribution >= 0.6 is 0 Å². The van der Waals surface area contributed by atoms with Crippen LogP contribution in [0, 0.1) is 0 Å². The summed E-state index contributed by atoms with van der Waals surface area (Å²) in [4.78, 5) is 19.7. The van der Waals surface area contributed by atoms with Crippen LogP contribution in [-0.2, 0) is 23.8 Å². The second-order valence-electron chi connectivity index (χ2n) is 1.72. The topological polar surface area (TPSA) is 61.8 Å². The lowest BCUT2D eigenvalue weighted by Crippen LogP contribution is -2.35. The number of carbonyl (C=O) groups excluding carboxylic acids is 2. The Hall–Kier alpha value is -1.10. The highest BCUT2D eigenvalue weighted by atomic mass is 16.9. The quantitative estimate of drug-likeness (QED) is 0.407. The summed E-state index contributed by atoms with van der Waals surface area (Å²) in [6.45, 7) is 3.58. The van der Waals surface area contributed by atoms with Gasteiger partial charge in [0.05, 0.1) is 6.61 Å². The molecule has 0 spiro atoms. The van der Waals surface area contributed by atoms with E-state index in [1.807, 2.05) is 0 Å². The second-order valence-corrected chi connectivity index (χ2v) is 1.72. The first-order valence-corrected chi connectivity index (χ1v) is 3.05. The highest BCUT2D eigenvalue weighted by Crippen LogP contribution is 2.10. The average Bonchev–Trinajstić information content (AvgIpc) is 1.88. The van der Waals surface area contributed by atoms with Gasteiger partial charge in [0, 0.05) is 6.92 Å². The van der Waals surface area contributed by atoms with Gasteiger partial charge in [-0.25, -0.2) is 0 Å². The summed E-state index contributed by atoms with van der Waals surface area (Å²) in [7, 11) is 0. The molecule has 0 atom stereocenters. The van der Waals surface area contributed by atoms with Crippen LogP contribution in [0.5, 0.6) is 0 Å². The molecule has 0 amide bonds. The van der Waals surface area contributed by atoms with Crippen LogP contribution in [0.3, 0.4) is 0 Å². The summed E-state index contributed by atoms with van der Waals surface area (Å²) in [6, 6.07) is 0. The van der Waals surface area contributed by atoms with Crippen LogP contribution in [0.25, 0.3) is 0 Å². The molecule has 5 heteroatoms. The van der Waals surface area contributed by atoms with Crippen LogP contribution in [-0.4, -0.2) is 25.5 Å². The Morgan fingerprint density at radius 3 is 2.00 bits per heavy atom. The van der Waals surface area contributed by atoms with Crippen LogP contribution in [0.1, 0.15) is 13.8 Å². The molecule has 0 aromatic heterocycles. The molecule has 0 aliphatic heterocycles. The zero-order chi connectivity index (χ0) is 8.74. The number of hydrogen-bond acceptors (Lipinski definition) is 5. The van der Waals surface area contributed by atoms with E-state index in [1.165, 1.54) is 6.92 Å². The minimum absolute atomic E-state index is 0.152. The van der Waals surface area contributed by atoms with E-state index in [-0.39, 0.29) is 19.6 Å². The van der Waals surface area contributed by atoms with Crippen LogP contribution < -0.4 is 0 Å². The lowest BCUT2D eigenvalue weighted by molar-refractivity contribution is -0.323. The van der Waals surface area contributed by atoms with Crippen molar-refractivity contribution >= 4 is 12.9 Å². The number of ether oxygens (including phenoxy) is 3. The first-order valence-electron chi connectivity index (χ1n) is 3.05. The standard InChI is InChI=1S/C6H10O5/c1-3-9-6(2,10-4-7)11-5-8/h4-5H,3H2,1-2H3. The molecule has 0 N–H and O–H groups in total. The molecule has 0 saturated carbocycles. The molecule has 0 aromatic carbocycles. The lowest BCUT2D eigenvalue weighted by Gasteiger charge is -2.23. The zero-order valence-corrected chi connectivity index (χ0v) is 6.40. The van der Waals surface area contributed by atoms with Gasteiger partial charge in [-0.1, -0.05) is 0 Å². The first kappa shape index (κ1) is 9.90. The summed E-state index contributed by atoms with van der Waals surface area (Å²) in [5.74, 6) is -1.59. The van der Waals surface area contributed by atoms with Gasteiger partial charge < -0.3 is 14.2 Å². The Bertz CT molecular complexity index is 123. The predicted octanol–water partition coefficient (Wildman–Crippen LogP) is 0.0426. The predicted molar refractivity (Wildman–Crippen MR) is 34.3 cm³/mol. The molecule has 0 aliphatic rings. The first-order chi connectivity index (χ1) is 5.18. The zero-order valence-electron chi connectivity index (χ0n) is 6.40. The van der Waals surface area contributed by atoms with E-state index >= 15 is 0 Å². The summed E-state index contributed by atoms with van der Waals surface area (Å²) >= 11 is 0. The molecule has 0 aromatic rings. The minimum atomic E-state index is -1.59. The molecule has 64 valence electrons. The van der Waals surface area contributed by atoms with Gasteiger partial charge in [0.1, 0.15) is 0 Å². The molecule has 5 nitrogen and oxygen atoms in total. The fourth-order valence-electron chi connectivity index (χ4n) is 0.533. The van der Waals surface area contributed by atoms with Gasteiger partial charge in [-0.2, -0.15) is 0 Å². The number of rotatable bonds is 6. The third-order valence-corrected chi connectivity index (χ3v) is 0.931. The lowest BCUT2D eigenvalue weighted by atomic mass is 10.6. The highest BCUT2D eigenvalue weighted by molar-refractivity contribution is 5.40. The minimum Gasteiger partial charge on any atom is -0.400 e. The molecule has 0 fully saturated rings. The Balaban J connectivity index is 3.98. The average molecular weight is 162 g/mol. The highest BCUT2D eigenvalue weighted by Gasteiger charge is 2.27. The van der Waals surface area contributed by atoms with Crippen molar-refractivity contribution in [1.29, 1.82) is 0 Å². The number of carbonyl (C=O) groups is 2. The third kappa shape index (κ3) is 3.57. The van der Waals surface area contributed by atoms with Crippen LogP contribution in [0.4, 0.5) is 0 Å². The SMILES string of the molecule is CCOC(C)(OC=O)OC=O. The monoisotopic (exact) mass is 162 g/mol. The maximum Gasteiger partial charge on any atom is 0.372 e. The van der Waals surface area contributed by atoms with Crippen molar-refractivity contribution in [3.8, 4) is 0 Å². The van der Waals surface area contributed by atoms with Gasteiger partial charge in [-0.15, -0.1) is 0 Å². The van der Waals surface area contributed by atoms with Crippen molar-refractivity contribution < 1.29 is 23.8 Å². The summed E-state index contributed by atoms with van der Waals surface area (Å²) in [5.41, 5.74) is 0. The fourth-order valence-corrected chi connectivity index (χ4v) is 0.533. The van der Waals surface area contributed by atoms with E-state index in [0.29, 0.717) is 0 Å².